The van der Waals surface area contributed by atoms with Crippen molar-refractivity contribution < 1.29 is 4.42 Å². The van der Waals surface area contributed by atoms with Gasteiger partial charge in [-0.2, -0.15) is 10.5 Å². The van der Waals surface area contributed by atoms with Gasteiger partial charge in [0.15, 0.2) is 5.58 Å². The number of benzene rings is 13. The molecule has 430 valence electrons. The van der Waals surface area contributed by atoms with Crippen molar-refractivity contribution in [2.45, 2.75) is 20.8 Å². The van der Waals surface area contributed by atoms with Crippen molar-refractivity contribution in [2.24, 2.45) is 0 Å². The molecule has 0 saturated heterocycles. The Morgan fingerprint density at radius 3 is 1.13 bits per heavy atom. The lowest BCUT2D eigenvalue weighted by Gasteiger charge is -2.26. The van der Waals surface area contributed by atoms with E-state index in [0.717, 1.165) is 105 Å². The maximum atomic E-state index is 12.6. The Hall–Kier alpha value is -12.5. The minimum Gasteiger partial charge on any atom is -0.436 e. The molecule has 0 saturated carbocycles. The number of rotatable bonds is 8. The topological polar surface area (TPSA) is 93.3 Å². The van der Waals surface area contributed by atoms with Crippen LogP contribution in [0.25, 0.3) is 166 Å². The van der Waals surface area contributed by atoms with Crippen LogP contribution in [0.5, 0.6) is 0 Å². The molecule has 18 rings (SSSR count). The number of aromatic nitrogens is 5. The molecule has 0 unspecified atom stereocenters. The van der Waals surface area contributed by atoms with Gasteiger partial charge < -0.3 is 22.7 Å². The van der Waals surface area contributed by atoms with Crippen LogP contribution in [0.1, 0.15) is 27.8 Å². The molecule has 18 aromatic rings. The summed E-state index contributed by atoms with van der Waals surface area (Å²) in [5.41, 5.74) is 23.4. The smallest absolute Gasteiger partial charge is 0.228 e. The van der Waals surface area contributed by atoms with E-state index >= 15 is 0 Å². The SMILES string of the molecule is Cc1ccc2c(c1)c1ccccc1n2-c1ccc(-c2c(C#N)c(-c3ccc(-n4c5ccccc5c5cc(C)ccc54)cc3)c(-n3c4ccccc4c4cc(C#N)ccc43)c(-c3ccc(-n4c5ccccc5c5cc(C)ccc54)cc3)c2-c2nc3ccccc3o2)cc1. The molecule has 5 heterocycles. The van der Waals surface area contributed by atoms with E-state index in [1.54, 1.807) is 0 Å². The van der Waals surface area contributed by atoms with Gasteiger partial charge in [0.1, 0.15) is 11.6 Å². The third kappa shape index (κ3) is 7.84. The van der Waals surface area contributed by atoms with Crippen LogP contribution in [-0.4, -0.2) is 23.3 Å². The van der Waals surface area contributed by atoms with Crippen molar-refractivity contribution in [1.29, 1.82) is 10.5 Å². The first kappa shape index (κ1) is 52.6. The van der Waals surface area contributed by atoms with Crippen molar-refractivity contribution in [3.05, 3.63) is 295 Å². The zero-order valence-corrected chi connectivity index (χ0v) is 50.4. The average molecular weight is 1180 g/mol. The fraction of sp³-hybridized carbons (Fsp3) is 0.0357. The van der Waals surface area contributed by atoms with Crippen LogP contribution in [0.15, 0.2) is 271 Å². The lowest BCUT2D eigenvalue weighted by atomic mass is 9.81. The number of fused-ring (bicyclic) bond motifs is 13. The van der Waals surface area contributed by atoms with E-state index in [4.69, 9.17) is 9.40 Å². The predicted octanol–water partition coefficient (Wildman–Crippen LogP) is 21.6. The molecule has 0 N–H and O–H groups in total. The number of nitriles is 2. The van der Waals surface area contributed by atoms with E-state index in [0.29, 0.717) is 39.2 Å². The van der Waals surface area contributed by atoms with Gasteiger partial charge >= 0.3 is 0 Å². The summed E-state index contributed by atoms with van der Waals surface area (Å²) in [7, 11) is 0. The minimum atomic E-state index is 0.369. The number of oxazole rings is 1. The maximum Gasteiger partial charge on any atom is 0.228 e. The first-order chi connectivity index (χ1) is 45.3. The summed E-state index contributed by atoms with van der Waals surface area (Å²) in [6.45, 7) is 6.43. The van der Waals surface area contributed by atoms with Crippen molar-refractivity contribution >= 4 is 98.3 Å². The van der Waals surface area contributed by atoms with Gasteiger partial charge in [-0.3, -0.25) is 0 Å². The molecular weight excluding hydrogens is 1120 g/mol. The minimum absolute atomic E-state index is 0.369. The fourth-order valence-electron chi connectivity index (χ4n) is 14.8. The predicted molar refractivity (Wildman–Crippen MR) is 377 cm³/mol. The van der Waals surface area contributed by atoms with Crippen LogP contribution in [0.4, 0.5) is 0 Å². The highest BCUT2D eigenvalue weighted by molar-refractivity contribution is 6.16. The quantitative estimate of drug-likeness (QED) is 0.151. The van der Waals surface area contributed by atoms with E-state index in [1.165, 1.54) is 49.0 Å². The van der Waals surface area contributed by atoms with Gasteiger partial charge in [0.25, 0.3) is 0 Å². The Morgan fingerprint density at radius 2 is 0.685 bits per heavy atom. The van der Waals surface area contributed by atoms with E-state index in [-0.39, 0.29) is 0 Å². The molecule has 0 spiro atoms. The second-order valence-corrected chi connectivity index (χ2v) is 24.3. The van der Waals surface area contributed by atoms with E-state index in [2.05, 4.69) is 276 Å². The Morgan fingerprint density at radius 1 is 0.315 bits per heavy atom. The summed E-state index contributed by atoms with van der Waals surface area (Å²) in [5.74, 6) is 0.369. The van der Waals surface area contributed by atoms with E-state index in [1.807, 2.05) is 42.5 Å². The highest BCUT2D eigenvalue weighted by Crippen LogP contribution is 2.53. The molecule has 0 atom stereocenters. The molecule has 0 aliphatic rings. The van der Waals surface area contributed by atoms with Crippen molar-refractivity contribution in [3.63, 3.8) is 0 Å². The number of hydrogen-bond donors (Lipinski definition) is 0. The Balaban J connectivity index is 0.986. The summed E-state index contributed by atoms with van der Waals surface area (Å²) in [6, 6.07) is 99.6. The zero-order chi connectivity index (χ0) is 61.5. The molecule has 5 aromatic heterocycles. The largest absolute Gasteiger partial charge is 0.436 e. The highest BCUT2D eigenvalue weighted by Gasteiger charge is 2.33. The molecule has 0 fully saturated rings. The molecular formula is C84H53N7O. The van der Waals surface area contributed by atoms with Gasteiger partial charge in [-0.25, -0.2) is 4.98 Å². The zero-order valence-electron chi connectivity index (χ0n) is 50.4. The van der Waals surface area contributed by atoms with Gasteiger partial charge in [-0.05, 0) is 165 Å². The first-order valence-electron chi connectivity index (χ1n) is 31.0. The standard InChI is InChI=1S/C84H53N7O/c1-50-24-40-74-64(44-50)60-14-4-9-19-70(60)88(74)57-34-28-54(29-35-57)79-68(49-86)80(55-30-36-58(37-31-55)89-71-20-10-5-15-61(71)65-45-51(2)25-41-75(65)89)83(91-73-22-12-7-17-63(73)67-47-53(48-85)27-43-77(67)91)81(82(79)84-87-69-18-8-13-23-78(69)92-84)56-32-38-59(39-33-56)90-72-21-11-6-16-62(72)66-46-52(3)26-42-76(66)90/h4-47H,1-3H3. The lowest BCUT2D eigenvalue weighted by Crippen LogP contribution is -2.08. The van der Waals surface area contributed by atoms with Gasteiger partial charge in [-0.15, -0.1) is 0 Å². The molecule has 8 nitrogen and oxygen atoms in total. The molecule has 0 radical (unpaired) electrons. The van der Waals surface area contributed by atoms with Gasteiger partial charge in [-0.1, -0.05) is 156 Å². The Labute approximate surface area is 528 Å². The summed E-state index contributed by atoms with van der Waals surface area (Å²) in [6.07, 6.45) is 0. The summed E-state index contributed by atoms with van der Waals surface area (Å²) in [4.78, 5) is 5.43. The average Bonchev–Trinajstić information content (AvgIpc) is 1.18. The molecule has 0 bridgehead atoms. The van der Waals surface area contributed by atoms with Crippen LogP contribution in [-0.2, 0) is 0 Å². The van der Waals surface area contributed by atoms with Crippen molar-refractivity contribution in [3.8, 4) is 79.7 Å². The first-order valence-corrected chi connectivity index (χ1v) is 31.0. The Kier molecular flexibility index (Phi) is 11.6. The van der Waals surface area contributed by atoms with E-state index < -0.39 is 0 Å². The van der Waals surface area contributed by atoms with Crippen LogP contribution < -0.4 is 0 Å². The molecule has 0 aliphatic carbocycles. The normalized spacial score (nSPS) is 11.8. The van der Waals surface area contributed by atoms with Crippen LogP contribution in [0.2, 0.25) is 0 Å². The van der Waals surface area contributed by atoms with E-state index in [9.17, 15) is 10.5 Å². The third-order valence-electron chi connectivity index (χ3n) is 18.8. The number of nitrogens with zero attached hydrogens (tertiary/aromatic N) is 7. The van der Waals surface area contributed by atoms with Crippen LogP contribution >= 0.6 is 0 Å². The van der Waals surface area contributed by atoms with Gasteiger partial charge in [0.2, 0.25) is 5.89 Å². The molecule has 13 aromatic carbocycles. The summed E-state index contributed by atoms with van der Waals surface area (Å²) < 4.78 is 16.5. The maximum absolute atomic E-state index is 12.6. The molecule has 0 amide bonds. The highest BCUT2D eigenvalue weighted by atomic mass is 16.3. The number of hydrogen-bond acceptors (Lipinski definition) is 4. The Bertz CT molecular complexity index is 6200. The van der Waals surface area contributed by atoms with Crippen LogP contribution in [0, 0.1) is 43.4 Å². The van der Waals surface area contributed by atoms with Crippen molar-refractivity contribution in [1.82, 2.24) is 23.3 Å². The third-order valence-corrected chi connectivity index (χ3v) is 18.8. The second-order valence-electron chi connectivity index (χ2n) is 24.3. The number of para-hydroxylation sites is 6. The monoisotopic (exact) mass is 1180 g/mol. The fourth-order valence-corrected chi connectivity index (χ4v) is 14.8. The van der Waals surface area contributed by atoms with Gasteiger partial charge in [0.05, 0.1) is 72.6 Å². The molecule has 8 heteroatoms. The second kappa shape index (κ2) is 20.3. The van der Waals surface area contributed by atoms with Crippen molar-refractivity contribution in [2.75, 3.05) is 0 Å². The van der Waals surface area contributed by atoms with Crippen LogP contribution in [0.3, 0.4) is 0 Å². The van der Waals surface area contributed by atoms with Gasteiger partial charge in [0, 0.05) is 76.8 Å². The summed E-state index contributed by atoms with van der Waals surface area (Å²) >= 11 is 0. The molecule has 0 aliphatic heterocycles. The number of aryl methyl sites for hydroxylation is 3. The molecule has 92 heavy (non-hydrogen) atoms. The lowest BCUT2D eigenvalue weighted by molar-refractivity contribution is 0.620. The summed E-state index contributed by atoms with van der Waals surface area (Å²) in [5, 5.41) is 32.1.